The first-order chi connectivity index (χ1) is 14.9. The Hall–Kier alpha value is -2.38. The second-order valence-electron chi connectivity index (χ2n) is 8.70. The molecule has 0 bridgehead atoms. The summed E-state index contributed by atoms with van der Waals surface area (Å²) in [5.74, 6) is 0.256. The molecule has 6 nitrogen and oxygen atoms in total. The fraction of sp³-hybridized carbons (Fsp3) is 0.458. The molecule has 2 aromatic carbocycles. The number of carbonyl (C=O) groups excluding carboxylic acids is 1. The van der Waals surface area contributed by atoms with Crippen molar-refractivity contribution < 1.29 is 13.2 Å². The van der Waals surface area contributed by atoms with E-state index in [2.05, 4.69) is 30.9 Å². The van der Waals surface area contributed by atoms with Crippen molar-refractivity contribution in [3.8, 4) is 0 Å². The molecule has 2 heterocycles. The van der Waals surface area contributed by atoms with Crippen LogP contribution < -0.4 is 4.90 Å². The smallest absolute Gasteiger partial charge is 0.254 e. The maximum atomic E-state index is 13.1. The number of aryl methyl sites for hydroxylation is 1. The fourth-order valence-corrected chi connectivity index (χ4v) is 6.20. The summed E-state index contributed by atoms with van der Waals surface area (Å²) in [6, 6.07) is 14.8. The molecule has 4 rings (SSSR count). The maximum Gasteiger partial charge on any atom is 0.254 e. The van der Waals surface area contributed by atoms with Gasteiger partial charge in [0, 0.05) is 50.5 Å². The molecule has 0 saturated carbocycles. The van der Waals surface area contributed by atoms with Crippen LogP contribution >= 0.6 is 0 Å². The van der Waals surface area contributed by atoms with Gasteiger partial charge in [-0.2, -0.15) is 4.31 Å². The van der Waals surface area contributed by atoms with Gasteiger partial charge in [0.1, 0.15) is 0 Å². The second kappa shape index (κ2) is 9.01. The minimum Gasteiger partial charge on any atom is -0.368 e. The van der Waals surface area contributed by atoms with Crippen LogP contribution in [-0.2, 0) is 10.0 Å². The number of piperazine rings is 1. The van der Waals surface area contributed by atoms with Crippen molar-refractivity contribution in [2.75, 3.05) is 44.2 Å². The summed E-state index contributed by atoms with van der Waals surface area (Å²) in [5.41, 5.74) is 2.88. The second-order valence-corrected chi connectivity index (χ2v) is 10.6. The number of carbonyl (C=O) groups is 1. The standard InChI is InChI=1S/C24H31N3O3S/c1-19-7-6-12-27(18-19)31(29,30)22-10-5-9-21(17-22)24(28)26-15-13-25(14-16-26)23-11-4-3-8-20(23)2/h3-5,8-11,17,19H,6-7,12-16,18H2,1-2H3/t19-/m1/s1. The lowest BCUT2D eigenvalue weighted by Crippen LogP contribution is -2.49. The van der Waals surface area contributed by atoms with Gasteiger partial charge in [0.15, 0.2) is 0 Å². The first-order valence-corrected chi connectivity index (χ1v) is 12.5. The molecule has 2 aliphatic heterocycles. The van der Waals surface area contributed by atoms with E-state index in [-0.39, 0.29) is 10.8 Å². The Morgan fingerprint density at radius 2 is 1.71 bits per heavy atom. The summed E-state index contributed by atoms with van der Waals surface area (Å²) in [4.78, 5) is 17.5. The number of nitrogens with zero attached hydrogens (tertiary/aromatic N) is 3. The van der Waals surface area contributed by atoms with E-state index in [9.17, 15) is 13.2 Å². The van der Waals surface area contributed by atoms with E-state index < -0.39 is 10.0 Å². The Kier molecular flexibility index (Phi) is 6.34. The Labute approximate surface area is 185 Å². The minimum absolute atomic E-state index is 0.103. The lowest BCUT2D eigenvalue weighted by atomic mass is 10.0. The van der Waals surface area contributed by atoms with Crippen LogP contribution in [0.5, 0.6) is 0 Å². The van der Waals surface area contributed by atoms with E-state index in [1.54, 1.807) is 28.6 Å². The van der Waals surface area contributed by atoms with E-state index >= 15 is 0 Å². The van der Waals surface area contributed by atoms with Crippen LogP contribution in [0.25, 0.3) is 0 Å². The quantitative estimate of drug-likeness (QED) is 0.730. The first-order valence-electron chi connectivity index (χ1n) is 11.1. The highest BCUT2D eigenvalue weighted by molar-refractivity contribution is 7.89. The molecule has 166 valence electrons. The molecular weight excluding hydrogens is 410 g/mol. The number of para-hydroxylation sites is 1. The van der Waals surface area contributed by atoms with Crippen LogP contribution in [0.3, 0.4) is 0 Å². The van der Waals surface area contributed by atoms with Crippen molar-refractivity contribution in [3.05, 3.63) is 59.7 Å². The molecule has 7 heteroatoms. The van der Waals surface area contributed by atoms with Gasteiger partial charge in [-0.15, -0.1) is 0 Å². The third-order valence-corrected chi connectivity index (χ3v) is 8.22. The van der Waals surface area contributed by atoms with Crippen LogP contribution in [0.15, 0.2) is 53.4 Å². The van der Waals surface area contributed by atoms with Crippen LogP contribution in [0.2, 0.25) is 0 Å². The van der Waals surface area contributed by atoms with Gasteiger partial charge < -0.3 is 9.80 Å². The lowest BCUT2D eigenvalue weighted by molar-refractivity contribution is 0.0746. The molecular formula is C24H31N3O3S. The average Bonchev–Trinajstić information content (AvgIpc) is 2.79. The van der Waals surface area contributed by atoms with Gasteiger partial charge in [-0.3, -0.25) is 4.79 Å². The van der Waals surface area contributed by atoms with Crippen molar-refractivity contribution >= 4 is 21.6 Å². The van der Waals surface area contributed by atoms with Crippen molar-refractivity contribution in [2.24, 2.45) is 5.92 Å². The zero-order valence-electron chi connectivity index (χ0n) is 18.3. The summed E-state index contributed by atoms with van der Waals surface area (Å²) in [6.45, 7) is 8.04. The van der Waals surface area contributed by atoms with Crippen molar-refractivity contribution in [1.82, 2.24) is 9.21 Å². The number of amides is 1. The van der Waals surface area contributed by atoms with E-state index in [0.29, 0.717) is 37.7 Å². The van der Waals surface area contributed by atoms with Crippen molar-refractivity contribution in [2.45, 2.75) is 31.6 Å². The Bertz CT molecular complexity index is 1050. The molecule has 0 spiro atoms. The number of anilines is 1. The van der Waals surface area contributed by atoms with E-state index in [1.807, 2.05) is 17.0 Å². The SMILES string of the molecule is Cc1ccccc1N1CCN(C(=O)c2cccc(S(=O)(=O)N3CCC[C@@H](C)C3)c2)CC1. The average molecular weight is 442 g/mol. The number of hydrogen-bond donors (Lipinski definition) is 0. The van der Waals surface area contributed by atoms with Gasteiger partial charge >= 0.3 is 0 Å². The molecule has 0 unspecified atom stereocenters. The lowest BCUT2D eigenvalue weighted by Gasteiger charge is -2.37. The van der Waals surface area contributed by atoms with Crippen LogP contribution in [0.1, 0.15) is 35.7 Å². The van der Waals surface area contributed by atoms with Gasteiger partial charge in [0.2, 0.25) is 10.0 Å². The van der Waals surface area contributed by atoms with E-state index in [1.165, 1.54) is 11.3 Å². The highest BCUT2D eigenvalue weighted by Gasteiger charge is 2.30. The monoisotopic (exact) mass is 441 g/mol. The molecule has 0 N–H and O–H groups in total. The summed E-state index contributed by atoms with van der Waals surface area (Å²) in [7, 11) is -3.58. The third-order valence-electron chi connectivity index (χ3n) is 6.36. The molecule has 0 aliphatic carbocycles. The van der Waals surface area contributed by atoms with Crippen LogP contribution in [0, 0.1) is 12.8 Å². The number of hydrogen-bond acceptors (Lipinski definition) is 4. The van der Waals surface area contributed by atoms with Gasteiger partial charge in [-0.05, 0) is 55.5 Å². The van der Waals surface area contributed by atoms with Crippen molar-refractivity contribution in [3.63, 3.8) is 0 Å². The first kappa shape index (κ1) is 21.8. The third kappa shape index (κ3) is 4.62. The summed E-state index contributed by atoms with van der Waals surface area (Å²) >= 11 is 0. The highest BCUT2D eigenvalue weighted by atomic mass is 32.2. The summed E-state index contributed by atoms with van der Waals surface area (Å²) in [6.07, 6.45) is 1.93. The minimum atomic E-state index is -3.58. The molecule has 2 saturated heterocycles. The molecule has 2 fully saturated rings. The van der Waals surface area contributed by atoms with E-state index in [0.717, 1.165) is 25.9 Å². The summed E-state index contributed by atoms with van der Waals surface area (Å²) in [5, 5.41) is 0. The number of piperidine rings is 1. The molecule has 0 aromatic heterocycles. The zero-order valence-corrected chi connectivity index (χ0v) is 19.1. The van der Waals surface area contributed by atoms with Gasteiger partial charge in [-0.25, -0.2) is 8.42 Å². The fourth-order valence-electron chi connectivity index (χ4n) is 4.55. The van der Waals surface area contributed by atoms with Gasteiger partial charge in [0.25, 0.3) is 5.91 Å². The largest absolute Gasteiger partial charge is 0.368 e. The topological polar surface area (TPSA) is 60.9 Å². The molecule has 1 amide bonds. The van der Waals surface area contributed by atoms with Crippen molar-refractivity contribution in [1.29, 1.82) is 0 Å². The Morgan fingerprint density at radius 3 is 2.42 bits per heavy atom. The predicted octanol–water partition coefficient (Wildman–Crippen LogP) is 3.38. The zero-order chi connectivity index (χ0) is 22.0. The van der Waals surface area contributed by atoms with Gasteiger partial charge in [0.05, 0.1) is 4.90 Å². The highest BCUT2D eigenvalue weighted by Crippen LogP contribution is 2.25. The van der Waals surface area contributed by atoms with Gasteiger partial charge in [-0.1, -0.05) is 31.2 Å². The predicted molar refractivity (Wildman–Crippen MR) is 123 cm³/mol. The molecule has 31 heavy (non-hydrogen) atoms. The number of benzene rings is 2. The molecule has 0 radical (unpaired) electrons. The maximum absolute atomic E-state index is 13.1. The summed E-state index contributed by atoms with van der Waals surface area (Å²) < 4.78 is 27.8. The van der Waals surface area contributed by atoms with Crippen LogP contribution in [-0.4, -0.2) is 62.8 Å². The number of rotatable bonds is 4. The van der Waals surface area contributed by atoms with Crippen LogP contribution in [0.4, 0.5) is 5.69 Å². The molecule has 2 aliphatic rings. The number of sulfonamides is 1. The molecule has 2 aromatic rings. The molecule has 1 atom stereocenters. The normalized spacial score (nSPS) is 20.6. The van der Waals surface area contributed by atoms with E-state index in [4.69, 9.17) is 0 Å². The Morgan fingerprint density at radius 1 is 0.968 bits per heavy atom. The Balaban J connectivity index is 1.46.